The quantitative estimate of drug-likeness (QED) is 0.124. The van der Waals surface area contributed by atoms with Crippen LogP contribution in [0.4, 0.5) is 10.5 Å². The molecule has 8 nitrogen and oxygen atoms in total. The third kappa shape index (κ3) is 8.46. The zero-order valence-corrected chi connectivity index (χ0v) is 25.0. The minimum Gasteiger partial charge on any atom is -0.494 e. The Morgan fingerprint density at radius 1 is 1.00 bits per heavy atom. The first-order valence-corrected chi connectivity index (χ1v) is 15.4. The van der Waals surface area contributed by atoms with Crippen LogP contribution in [-0.4, -0.2) is 66.6 Å². The van der Waals surface area contributed by atoms with Crippen molar-refractivity contribution in [3.8, 4) is 5.75 Å². The van der Waals surface area contributed by atoms with Crippen molar-refractivity contribution in [1.82, 2.24) is 9.47 Å². The first-order chi connectivity index (χ1) is 19.5. The normalized spacial score (nSPS) is 13.9. The summed E-state index contributed by atoms with van der Waals surface area (Å²) >= 11 is 14.1. The zero-order chi connectivity index (χ0) is 28.3. The Bertz CT molecular complexity index is 1330. The highest BCUT2D eigenvalue weighted by molar-refractivity contribution is 7.99. The summed E-state index contributed by atoms with van der Waals surface area (Å²) in [7, 11) is 0. The molecule has 0 unspecified atom stereocenters. The Hall–Kier alpha value is -2.59. The molecule has 4 rings (SSSR count). The molecule has 1 aromatic heterocycles. The molecule has 0 atom stereocenters. The molecule has 1 aliphatic rings. The molecular weight excluding hydrogens is 573 g/mol. The number of hydrogen-bond donors (Lipinski definition) is 0. The van der Waals surface area contributed by atoms with E-state index in [1.54, 1.807) is 6.07 Å². The van der Waals surface area contributed by atoms with E-state index in [2.05, 4.69) is 16.7 Å². The third-order valence-electron chi connectivity index (χ3n) is 6.67. The number of fused-ring (bicyclic) bond motifs is 1. The maximum absolute atomic E-state index is 12.5. The van der Waals surface area contributed by atoms with Gasteiger partial charge < -0.3 is 19.1 Å². The molecule has 0 spiro atoms. The van der Waals surface area contributed by atoms with E-state index >= 15 is 0 Å². The molecular formula is C29H35Cl2N3O5S. The van der Waals surface area contributed by atoms with Crippen molar-refractivity contribution < 1.29 is 19.0 Å². The van der Waals surface area contributed by atoms with Gasteiger partial charge in [-0.2, -0.15) is 0 Å². The van der Waals surface area contributed by atoms with E-state index in [1.165, 1.54) is 22.4 Å². The second-order valence-corrected chi connectivity index (χ2v) is 11.3. The van der Waals surface area contributed by atoms with Gasteiger partial charge in [0.2, 0.25) is 0 Å². The van der Waals surface area contributed by atoms with Gasteiger partial charge in [0.05, 0.1) is 27.9 Å². The number of ether oxygens (including phenoxy) is 3. The number of rotatable bonds is 13. The van der Waals surface area contributed by atoms with Crippen LogP contribution in [0.15, 0.2) is 53.3 Å². The minimum absolute atomic E-state index is 0.225. The minimum atomic E-state index is -0.797. The first-order valence-electron chi connectivity index (χ1n) is 13.5. The van der Waals surface area contributed by atoms with E-state index < -0.39 is 6.16 Å². The molecule has 0 amide bonds. The van der Waals surface area contributed by atoms with Gasteiger partial charge in [-0.15, -0.1) is 11.8 Å². The maximum atomic E-state index is 12.5. The van der Waals surface area contributed by atoms with Gasteiger partial charge in [0, 0.05) is 38.3 Å². The summed E-state index contributed by atoms with van der Waals surface area (Å²) in [6, 6.07) is 14.6. The van der Waals surface area contributed by atoms with E-state index in [1.807, 2.05) is 36.4 Å². The smallest absolute Gasteiger partial charge is 0.494 e. The summed E-state index contributed by atoms with van der Waals surface area (Å²) in [6.45, 7) is 7.16. The van der Waals surface area contributed by atoms with E-state index in [-0.39, 0.29) is 18.2 Å². The fourth-order valence-electron chi connectivity index (χ4n) is 4.52. The summed E-state index contributed by atoms with van der Waals surface area (Å²) < 4.78 is 17.6. The fourth-order valence-corrected chi connectivity index (χ4v) is 5.52. The predicted octanol–water partition coefficient (Wildman–Crippen LogP) is 6.50. The number of pyridine rings is 1. The third-order valence-corrected chi connectivity index (χ3v) is 8.46. The van der Waals surface area contributed by atoms with Crippen LogP contribution in [0.2, 0.25) is 10.0 Å². The standard InChI is InChI=1S/C29H35Cl2N3O5S/c1-2-18-40-21-39-29(36)38-20-34-26-19-23(10-8-22(26)9-11-27(34)35)37-17-4-3-12-32-13-15-33(16-14-32)25-7-5-6-24(30)28(25)31/h5-11,19H,2-4,12-18,20-21H2,1H3. The highest BCUT2D eigenvalue weighted by Gasteiger charge is 2.19. The molecule has 3 aromatic rings. The average molecular weight is 609 g/mol. The van der Waals surface area contributed by atoms with Crippen LogP contribution in [0, 0.1) is 0 Å². The van der Waals surface area contributed by atoms with Crippen molar-refractivity contribution in [3.63, 3.8) is 0 Å². The Labute approximate surface area is 249 Å². The van der Waals surface area contributed by atoms with Gasteiger partial charge in [-0.1, -0.05) is 36.2 Å². The number of hydrogen-bond acceptors (Lipinski definition) is 8. The van der Waals surface area contributed by atoms with Crippen molar-refractivity contribution in [2.24, 2.45) is 0 Å². The van der Waals surface area contributed by atoms with Crippen LogP contribution >= 0.6 is 35.0 Å². The first kappa shape index (κ1) is 30.4. The van der Waals surface area contributed by atoms with Crippen LogP contribution in [0.3, 0.4) is 0 Å². The fraction of sp³-hybridized carbons (Fsp3) is 0.448. The molecule has 0 bridgehead atoms. The molecule has 0 radical (unpaired) electrons. The van der Waals surface area contributed by atoms with Crippen molar-refractivity contribution in [2.75, 3.05) is 55.9 Å². The number of carbonyl (C=O) groups excluding carboxylic acids is 1. The van der Waals surface area contributed by atoms with Gasteiger partial charge in [-0.3, -0.25) is 14.3 Å². The number of benzene rings is 2. The van der Waals surface area contributed by atoms with Crippen molar-refractivity contribution in [2.45, 2.75) is 32.9 Å². The van der Waals surface area contributed by atoms with E-state index in [4.69, 9.17) is 37.4 Å². The second-order valence-electron chi connectivity index (χ2n) is 9.47. The lowest BCUT2D eigenvalue weighted by Crippen LogP contribution is -2.46. The van der Waals surface area contributed by atoms with Crippen LogP contribution in [-0.2, 0) is 16.2 Å². The lowest BCUT2D eigenvalue weighted by atomic mass is 10.2. The molecule has 0 N–H and O–H groups in total. The van der Waals surface area contributed by atoms with E-state index in [0.29, 0.717) is 27.9 Å². The van der Waals surface area contributed by atoms with Crippen molar-refractivity contribution >= 4 is 57.7 Å². The molecule has 2 heterocycles. The van der Waals surface area contributed by atoms with Crippen LogP contribution in [0.1, 0.15) is 26.2 Å². The molecule has 11 heteroatoms. The van der Waals surface area contributed by atoms with Crippen LogP contribution in [0.25, 0.3) is 10.9 Å². The molecule has 0 saturated carbocycles. The van der Waals surface area contributed by atoms with Gasteiger partial charge in [0.15, 0.2) is 6.73 Å². The second kappa shape index (κ2) is 15.4. The number of piperazine rings is 1. The number of unbranched alkanes of at least 4 members (excludes halogenated alkanes) is 1. The monoisotopic (exact) mass is 607 g/mol. The molecule has 2 aromatic carbocycles. The van der Waals surface area contributed by atoms with Gasteiger partial charge in [0.1, 0.15) is 11.7 Å². The average Bonchev–Trinajstić information content (AvgIpc) is 2.96. The Morgan fingerprint density at radius 2 is 1.80 bits per heavy atom. The number of nitrogens with zero attached hydrogens (tertiary/aromatic N) is 3. The van der Waals surface area contributed by atoms with Crippen molar-refractivity contribution in [3.05, 3.63) is 68.9 Å². The Morgan fingerprint density at radius 3 is 2.60 bits per heavy atom. The summed E-state index contributed by atoms with van der Waals surface area (Å²) in [6.07, 6.45) is 2.13. The lowest BCUT2D eigenvalue weighted by Gasteiger charge is -2.36. The maximum Gasteiger partial charge on any atom is 0.510 e. The summed E-state index contributed by atoms with van der Waals surface area (Å²) in [4.78, 5) is 29.1. The number of halogens is 2. The van der Waals surface area contributed by atoms with E-state index in [0.717, 1.165) is 68.8 Å². The largest absolute Gasteiger partial charge is 0.510 e. The van der Waals surface area contributed by atoms with Gasteiger partial charge >= 0.3 is 6.16 Å². The Balaban J connectivity index is 1.21. The SMILES string of the molecule is CCCSCOC(=O)OCn1c(=O)ccc2ccc(OCCCCN3CCN(c4cccc(Cl)c4Cl)CC3)cc21. The highest BCUT2D eigenvalue weighted by atomic mass is 35.5. The molecule has 1 aliphatic heterocycles. The Kier molecular flexibility index (Phi) is 11.7. The van der Waals surface area contributed by atoms with Crippen LogP contribution < -0.4 is 15.2 Å². The number of anilines is 1. The molecule has 0 aliphatic carbocycles. The van der Waals surface area contributed by atoms with Crippen molar-refractivity contribution in [1.29, 1.82) is 0 Å². The molecule has 40 heavy (non-hydrogen) atoms. The molecule has 216 valence electrons. The zero-order valence-electron chi connectivity index (χ0n) is 22.7. The van der Waals surface area contributed by atoms with Gasteiger partial charge in [-0.05, 0) is 67.3 Å². The van der Waals surface area contributed by atoms with Gasteiger partial charge in [0.25, 0.3) is 5.56 Å². The molecule has 1 saturated heterocycles. The van der Waals surface area contributed by atoms with E-state index in [9.17, 15) is 9.59 Å². The number of carbonyl (C=O) groups is 1. The predicted molar refractivity (Wildman–Crippen MR) is 163 cm³/mol. The topological polar surface area (TPSA) is 73.2 Å². The lowest BCUT2D eigenvalue weighted by molar-refractivity contribution is 0.0455. The number of thioether (sulfide) groups is 1. The van der Waals surface area contributed by atoms with Gasteiger partial charge in [-0.25, -0.2) is 4.79 Å². The summed E-state index contributed by atoms with van der Waals surface area (Å²) in [5, 5.41) is 2.05. The summed E-state index contributed by atoms with van der Waals surface area (Å²) in [5.74, 6) is 1.79. The highest BCUT2D eigenvalue weighted by Crippen LogP contribution is 2.33. The number of aromatic nitrogens is 1. The molecule has 1 fully saturated rings. The summed E-state index contributed by atoms with van der Waals surface area (Å²) in [5.41, 5.74) is 1.36. The van der Waals surface area contributed by atoms with Crippen LogP contribution in [0.5, 0.6) is 5.75 Å².